The molecule has 5 heteroatoms. The lowest BCUT2D eigenvalue weighted by atomic mass is 10.2. The number of benzene rings is 1. The number of morpholine rings is 1. The van der Waals surface area contributed by atoms with Gasteiger partial charge < -0.3 is 14.4 Å². The van der Waals surface area contributed by atoms with Gasteiger partial charge in [0, 0.05) is 24.5 Å². The van der Waals surface area contributed by atoms with Crippen LogP contribution >= 0.6 is 0 Å². The van der Waals surface area contributed by atoms with Crippen LogP contribution in [-0.2, 0) is 4.74 Å². The van der Waals surface area contributed by atoms with E-state index in [1.54, 1.807) is 13.2 Å². The van der Waals surface area contributed by atoms with Crippen LogP contribution in [0.15, 0.2) is 24.3 Å². The van der Waals surface area contributed by atoms with Crippen LogP contribution < -0.4 is 9.64 Å². The second-order valence-electron chi connectivity index (χ2n) is 4.97. The maximum absolute atomic E-state index is 13.3. The fourth-order valence-corrected chi connectivity index (χ4v) is 2.51. The number of methoxy groups -OCH3 is 1. The summed E-state index contributed by atoms with van der Waals surface area (Å²) in [5.74, 6) is 1.20. The summed E-state index contributed by atoms with van der Waals surface area (Å²) in [6, 6.07) is 6.41. The monoisotopic (exact) mass is 276 g/mol. The molecule has 0 saturated carbocycles. The number of hydrogen-bond acceptors (Lipinski definition) is 4. The first kappa shape index (κ1) is 13.1. The van der Waals surface area contributed by atoms with Crippen molar-refractivity contribution >= 4 is 16.7 Å². The predicted octanol–water partition coefficient (Wildman–Crippen LogP) is 2.61. The lowest BCUT2D eigenvalue weighted by Crippen LogP contribution is -2.41. The molecule has 1 aromatic heterocycles. The molecular weight excluding hydrogens is 259 g/mol. The topological polar surface area (TPSA) is 34.6 Å². The van der Waals surface area contributed by atoms with Gasteiger partial charge in [0.1, 0.15) is 17.4 Å². The molecule has 0 amide bonds. The van der Waals surface area contributed by atoms with Crippen LogP contribution in [-0.4, -0.2) is 37.9 Å². The zero-order chi connectivity index (χ0) is 14.1. The molecule has 2 heterocycles. The average Bonchev–Trinajstić information content (AvgIpc) is 2.46. The zero-order valence-corrected chi connectivity index (χ0v) is 11.6. The van der Waals surface area contributed by atoms with Crippen LogP contribution in [0.4, 0.5) is 10.2 Å². The van der Waals surface area contributed by atoms with Gasteiger partial charge in [-0.1, -0.05) is 0 Å². The van der Waals surface area contributed by atoms with Gasteiger partial charge in [-0.15, -0.1) is 0 Å². The highest BCUT2D eigenvalue weighted by Gasteiger charge is 2.19. The Hall–Kier alpha value is -1.88. The Balaban J connectivity index is 2.06. The number of nitrogens with zero attached hydrogens (tertiary/aromatic N) is 2. The van der Waals surface area contributed by atoms with Crippen LogP contribution in [0.5, 0.6) is 5.75 Å². The third-order valence-electron chi connectivity index (χ3n) is 3.50. The number of pyridine rings is 1. The van der Waals surface area contributed by atoms with Crippen molar-refractivity contribution in [3.8, 4) is 5.75 Å². The number of hydrogen-bond donors (Lipinski definition) is 0. The quantitative estimate of drug-likeness (QED) is 0.844. The molecule has 1 unspecified atom stereocenters. The minimum absolute atomic E-state index is 0.181. The summed E-state index contributed by atoms with van der Waals surface area (Å²) in [5, 5.41) is 0.692. The van der Waals surface area contributed by atoms with E-state index in [0.29, 0.717) is 17.7 Å². The van der Waals surface area contributed by atoms with Crippen molar-refractivity contribution in [2.45, 2.75) is 13.0 Å². The van der Waals surface area contributed by atoms with Crippen molar-refractivity contribution in [1.29, 1.82) is 0 Å². The van der Waals surface area contributed by atoms with Gasteiger partial charge in [0.2, 0.25) is 0 Å². The Bertz CT molecular complexity index is 633. The van der Waals surface area contributed by atoms with E-state index in [9.17, 15) is 4.39 Å². The molecule has 3 rings (SSSR count). The summed E-state index contributed by atoms with van der Waals surface area (Å²) < 4.78 is 24.3. The summed E-state index contributed by atoms with van der Waals surface area (Å²) in [6.45, 7) is 4.32. The van der Waals surface area contributed by atoms with Crippen LogP contribution in [0, 0.1) is 5.82 Å². The first-order chi connectivity index (χ1) is 9.67. The summed E-state index contributed by atoms with van der Waals surface area (Å²) >= 11 is 0. The van der Waals surface area contributed by atoms with E-state index in [4.69, 9.17) is 9.47 Å². The highest BCUT2D eigenvalue weighted by atomic mass is 19.1. The van der Waals surface area contributed by atoms with Crippen molar-refractivity contribution in [1.82, 2.24) is 4.98 Å². The number of anilines is 1. The predicted molar refractivity (Wildman–Crippen MR) is 75.9 cm³/mol. The van der Waals surface area contributed by atoms with Crippen molar-refractivity contribution in [3.05, 3.63) is 30.1 Å². The number of rotatable bonds is 2. The van der Waals surface area contributed by atoms with Gasteiger partial charge >= 0.3 is 0 Å². The number of ether oxygens (including phenoxy) is 2. The van der Waals surface area contributed by atoms with Gasteiger partial charge in [-0.2, -0.15) is 0 Å². The first-order valence-electron chi connectivity index (χ1n) is 6.68. The molecule has 1 atom stereocenters. The lowest BCUT2D eigenvalue weighted by molar-refractivity contribution is 0.0529. The van der Waals surface area contributed by atoms with Gasteiger partial charge in [0.25, 0.3) is 0 Å². The minimum Gasteiger partial charge on any atom is -0.496 e. The van der Waals surface area contributed by atoms with E-state index in [2.05, 4.69) is 9.88 Å². The second-order valence-corrected chi connectivity index (χ2v) is 4.97. The third-order valence-corrected chi connectivity index (χ3v) is 3.50. The first-order valence-corrected chi connectivity index (χ1v) is 6.68. The maximum Gasteiger partial charge on any atom is 0.133 e. The van der Waals surface area contributed by atoms with E-state index in [1.165, 1.54) is 12.1 Å². The average molecular weight is 276 g/mol. The molecule has 1 fully saturated rings. The molecule has 0 bridgehead atoms. The van der Waals surface area contributed by atoms with Gasteiger partial charge in [0.15, 0.2) is 0 Å². The lowest BCUT2D eigenvalue weighted by Gasteiger charge is -2.32. The largest absolute Gasteiger partial charge is 0.496 e. The molecular formula is C15H17FN2O2. The molecule has 0 radical (unpaired) electrons. The second kappa shape index (κ2) is 5.25. The molecule has 2 aromatic rings. The highest BCUT2D eigenvalue weighted by Crippen LogP contribution is 2.30. The molecule has 0 N–H and O–H groups in total. The molecule has 20 heavy (non-hydrogen) atoms. The van der Waals surface area contributed by atoms with Crippen LogP contribution in [0.2, 0.25) is 0 Å². The minimum atomic E-state index is -0.287. The Kier molecular flexibility index (Phi) is 3.44. The Morgan fingerprint density at radius 1 is 1.40 bits per heavy atom. The van der Waals surface area contributed by atoms with Gasteiger partial charge in [0.05, 0.1) is 25.3 Å². The smallest absolute Gasteiger partial charge is 0.133 e. The zero-order valence-electron chi connectivity index (χ0n) is 11.6. The summed E-state index contributed by atoms with van der Waals surface area (Å²) in [6.07, 6.45) is 0.181. The SMILES string of the molecule is COc1cc(N2CCOC(C)C2)nc2ccc(F)cc12. The molecule has 1 aliphatic rings. The number of aromatic nitrogens is 1. The van der Waals surface area contributed by atoms with E-state index in [0.717, 1.165) is 24.4 Å². The van der Waals surface area contributed by atoms with Crippen molar-refractivity contribution < 1.29 is 13.9 Å². The summed E-state index contributed by atoms with van der Waals surface area (Å²) in [4.78, 5) is 6.77. The third kappa shape index (κ3) is 2.41. The summed E-state index contributed by atoms with van der Waals surface area (Å²) in [5.41, 5.74) is 0.736. The van der Waals surface area contributed by atoms with Gasteiger partial charge in [-0.25, -0.2) is 9.37 Å². The van der Waals surface area contributed by atoms with Gasteiger partial charge in [-0.05, 0) is 25.1 Å². The Labute approximate surface area is 117 Å². The summed E-state index contributed by atoms with van der Waals surface area (Å²) in [7, 11) is 1.59. The van der Waals surface area contributed by atoms with E-state index < -0.39 is 0 Å². The molecule has 1 aliphatic heterocycles. The normalized spacial score (nSPS) is 19.4. The molecule has 106 valence electrons. The van der Waals surface area contributed by atoms with Crippen molar-refractivity contribution in [2.75, 3.05) is 31.7 Å². The van der Waals surface area contributed by atoms with Crippen LogP contribution in [0.3, 0.4) is 0 Å². The number of fused-ring (bicyclic) bond motifs is 1. The highest BCUT2D eigenvalue weighted by molar-refractivity contribution is 5.87. The molecule has 1 aromatic carbocycles. The molecule has 1 saturated heterocycles. The van der Waals surface area contributed by atoms with E-state index in [-0.39, 0.29) is 11.9 Å². The fraction of sp³-hybridized carbons (Fsp3) is 0.400. The van der Waals surface area contributed by atoms with Crippen LogP contribution in [0.25, 0.3) is 10.9 Å². The maximum atomic E-state index is 13.3. The van der Waals surface area contributed by atoms with Crippen molar-refractivity contribution in [2.24, 2.45) is 0 Å². The van der Waals surface area contributed by atoms with Crippen molar-refractivity contribution in [3.63, 3.8) is 0 Å². The van der Waals surface area contributed by atoms with E-state index in [1.807, 2.05) is 13.0 Å². The Morgan fingerprint density at radius 2 is 2.25 bits per heavy atom. The fourth-order valence-electron chi connectivity index (χ4n) is 2.51. The molecule has 4 nitrogen and oxygen atoms in total. The number of halogens is 1. The van der Waals surface area contributed by atoms with E-state index >= 15 is 0 Å². The van der Waals surface area contributed by atoms with Gasteiger partial charge in [-0.3, -0.25) is 0 Å². The van der Waals surface area contributed by atoms with Crippen LogP contribution in [0.1, 0.15) is 6.92 Å². The molecule has 0 spiro atoms. The Morgan fingerprint density at radius 3 is 3.00 bits per heavy atom. The standard InChI is InChI=1S/C15H17FN2O2/c1-10-9-18(5-6-20-10)15-8-14(19-2)12-7-11(16)3-4-13(12)17-15/h3-4,7-8,10H,5-6,9H2,1-2H3. The molecule has 0 aliphatic carbocycles.